The van der Waals surface area contributed by atoms with E-state index in [0.717, 1.165) is 72.5 Å². The smallest absolute Gasteiger partial charge is 0.268 e. The minimum atomic E-state index is -0.0717. The Hall–Kier alpha value is -3.26. The maximum Gasteiger partial charge on any atom is 0.268 e. The number of hydrogen-bond donors (Lipinski definition) is 1. The molecule has 3 aliphatic rings. The van der Waals surface area contributed by atoms with Crippen LogP contribution in [-0.4, -0.2) is 53.6 Å². The van der Waals surface area contributed by atoms with Crippen molar-refractivity contribution < 1.29 is 19.1 Å². The first-order valence-corrected chi connectivity index (χ1v) is 15.1. The number of aryl methyl sites for hydroxylation is 1. The lowest BCUT2D eigenvalue weighted by atomic mass is 9.84. The molecule has 1 aliphatic carbocycles. The highest BCUT2D eigenvalue weighted by Gasteiger charge is 2.34. The third kappa shape index (κ3) is 4.95. The van der Waals surface area contributed by atoms with E-state index in [-0.39, 0.29) is 29.9 Å². The van der Waals surface area contributed by atoms with E-state index in [1.54, 1.807) is 18.4 Å². The summed E-state index contributed by atoms with van der Waals surface area (Å²) in [6, 6.07) is 10.3. The van der Waals surface area contributed by atoms with E-state index in [4.69, 9.17) is 9.47 Å². The van der Waals surface area contributed by atoms with E-state index in [1.165, 1.54) is 5.56 Å². The van der Waals surface area contributed by atoms with Gasteiger partial charge in [0.1, 0.15) is 5.69 Å². The van der Waals surface area contributed by atoms with E-state index in [0.29, 0.717) is 24.5 Å². The fourth-order valence-corrected chi connectivity index (χ4v) is 6.86. The molecule has 2 fully saturated rings. The standard InChI is InChI=1S/C31H37N3O4S/c1-19(2)38-27-17-23-21(15-26(27)37-3)11-13-34-25(16-24(29(23)34)28-10-6-14-39-28)30(35)32-22-9-5-12-33(18-22)31(36)20-7-4-8-20/h6,10,14-17,19-20,22H,4-5,7-9,11-13,18H2,1-3H3,(H,32,35)/t22-/m1/s1. The first-order valence-electron chi connectivity index (χ1n) is 14.2. The maximum absolute atomic E-state index is 13.8. The molecule has 6 rings (SSSR count). The number of ether oxygens (including phenoxy) is 2. The number of fused-ring (bicyclic) bond motifs is 3. The molecule has 1 N–H and O–H groups in total. The average Bonchev–Trinajstić information content (AvgIpc) is 3.55. The van der Waals surface area contributed by atoms with Crippen LogP contribution in [0.5, 0.6) is 11.5 Å². The summed E-state index contributed by atoms with van der Waals surface area (Å²) in [4.78, 5) is 29.8. The van der Waals surface area contributed by atoms with Gasteiger partial charge in [0, 0.05) is 47.6 Å². The number of carbonyl (C=O) groups is 2. The van der Waals surface area contributed by atoms with Crippen LogP contribution in [0.4, 0.5) is 0 Å². The maximum atomic E-state index is 13.8. The Morgan fingerprint density at radius 3 is 2.59 bits per heavy atom. The highest BCUT2D eigenvalue weighted by Crippen LogP contribution is 2.45. The zero-order valence-electron chi connectivity index (χ0n) is 23.0. The molecule has 2 aromatic heterocycles. The number of carbonyl (C=O) groups excluding carboxylic acids is 2. The van der Waals surface area contributed by atoms with Crippen molar-refractivity contribution in [3.63, 3.8) is 0 Å². The van der Waals surface area contributed by atoms with Crippen molar-refractivity contribution in [2.45, 2.75) is 71.1 Å². The van der Waals surface area contributed by atoms with Crippen molar-refractivity contribution >= 4 is 23.2 Å². The number of nitrogens with zero attached hydrogens (tertiary/aromatic N) is 2. The number of aromatic nitrogens is 1. The minimum absolute atomic E-state index is 0.0108. The predicted molar refractivity (Wildman–Crippen MR) is 154 cm³/mol. The highest BCUT2D eigenvalue weighted by molar-refractivity contribution is 7.13. The Labute approximate surface area is 234 Å². The van der Waals surface area contributed by atoms with E-state index >= 15 is 0 Å². The SMILES string of the molecule is COc1cc2c(cc1OC(C)C)-c1c(-c3cccs3)cc(C(=O)N[C@@H]3CCCN(C(=O)C4CCC4)C3)n1CC2. The Kier molecular flexibility index (Phi) is 7.14. The molecule has 0 unspecified atom stereocenters. The molecule has 1 atom stereocenters. The normalized spacial score (nSPS) is 18.8. The van der Waals surface area contributed by atoms with Crippen molar-refractivity contribution in [1.82, 2.24) is 14.8 Å². The molecule has 0 radical (unpaired) electrons. The number of benzene rings is 1. The van der Waals surface area contributed by atoms with Crippen molar-refractivity contribution in [3.05, 3.63) is 47.0 Å². The van der Waals surface area contributed by atoms with E-state index in [1.807, 2.05) is 30.9 Å². The molecule has 1 saturated heterocycles. The van der Waals surface area contributed by atoms with Crippen molar-refractivity contribution in [1.29, 1.82) is 0 Å². The lowest BCUT2D eigenvalue weighted by Crippen LogP contribution is -2.51. The van der Waals surface area contributed by atoms with Gasteiger partial charge in [0.2, 0.25) is 5.91 Å². The number of piperidine rings is 1. The molecular formula is C31H37N3O4S. The van der Waals surface area contributed by atoms with Crippen molar-refractivity contribution in [3.8, 4) is 33.2 Å². The van der Waals surface area contributed by atoms with Gasteiger partial charge >= 0.3 is 0 Å². The van der Waals surface area contributed by atoms with E-state index < -0.39 is 0 Å². The van der Waals surface area contributed by atoms with Gasteiger partial charge in [-0.25, -0.2) is 0 Å². The quantitative estimate of drug-likeness (QED) is 0.409. The van der Waals surface area contributed by atoms with E-state index in [9.17, 15) is 9.59 Å². The number of hydrogen-bond acceptors (Lipinski definition) is 5. The fraction of sp³-hybridized carbons (Fsp3) is 0.484. The molecule has 8 heteroatoms. The van der Waals surface area contributed by atoms with Gasteiger partial charge in [-0.2, -0.15) is 0 Å². The lowest BCUT2D eigenvalue weighted by molar-refractivity contribution is -0.139. The Morgan fingerprint density at radius 1 is 1.05 bits per heavy atom. The zero-order valence-corrected chi connectivity index (χ0v) is 23.8. The summed E-state index contributed by atoms with van der Waals surface area (Å²) in [6.45, 7) is 6.12. The summed E-state index contributed by atoms with van der Waals surface area (Å²) in [6.07, 6.45) is 5.78. The Bertz CT molecular complexity index is 1370. The van der Waals surface area contributed by atoms with Gasteiger partial charge in [0.05, 0.1) is 18.9 Å². The van der Waals surface area contributed by atoms with Gasteiger partial charge in [0.15, 0.2) is 11.5 Å². The van der Waals surface area contributed by atoms with Crippen molar-refractivity contribution in [2.24, 2.45) is 5.92 Å². The van der Waals surface area contributed by atoms with Crippen LogP contribution in [0, 0.1) is 5.92 Å². The van der Waals surface area contributed by atoms with Gasteiger partial charge in [0.25, 0.3) is 5.91 Å². The van der Waals surface area contributed by atoms with Gasteiger partial charge in [-0.3, -0.25) is 9.59 Å². The summed E-state index contributed by atoms with van der Waals surface area (Å²) < 4.78 is 13.9. The number of rotatable bonds is 7. The highest BCUT2D eigenvalue weighted by atomic mass is 32.1. The van der Waals surface area contributed by atoms with Crippen LogP contribution in [0.25, 0.3) is 21.7 Å². The molecule has 0 spiro atoms. The molecule has 1 aromatic carbocycles. The predicted octanol–water partition coefficient (Wildman–Crippen LogP) is 5.76. The molecule has 7 nitrogen and oxygen atoms in total. The molecule has 2 amide bonds. The monoisotopic (exact) mass is 547 g/mol. The average molecular weight is 548 g/mol. The molecule has 1 saturated carbocycles. The molecule has 3 aromatic rings. The molecule has 206 valence electrons. The van der Waals surface area contributed by atoms with Crippen LogP contribution in [0.3, 0.4) is 0 Å². The van der Waals surface area contributed by atoms with Crippen LogP contribution in [0.2, 0.25) is 0 Å². The minimum Gasteiger partial charge on any atom is -0.493 e. The summed E-state index contributed by atoms with van der Waals surface area (Å²) in [5.74, 6) is 1.83. The van der Waals surface area contributed by atoms with Crippen LogP contribution in [0.1, 0.15) is 62.0 Å². The third-order valence-corrected chi connectivity index (χ3v) is 9.15. The molecule has 0 bridgehead atoms. The Morgan fingerprint density at radius 2 is 1.90 bits per heavy atom. The van der Waals surface area contributed by atoms with Crippen LogP contribution >= 0.6 is 11.3 Å². The zero-order chi connectivity index (χ0) is 27.1. The summed E-state index contributed by atoms with van der Waals surface area (Å²) >= 11 is 1.68. The lowest BCUT2D eigenvalue weighted by Gasteiger charge is -2.37. The van der Waals surface area contributed by atoms with Gasteiger partial charge in [-0.15, -0.1) is 11.3 Å². The summed E-state index contributed by atoms with van der Waals surface area (Å²) in [5, 5.41) is 5.36. The molecule has 2 aliphatic heterocycles. The number of methoxy groups -OCH3 is 1. The first-order chi connectivity index (χ1) is 18.9. The summed E-state index contributed by atoms with van der Waals surface area (Å²) in [5.41, 5.74) is 5.04. The van der Waals surface area contributed by atoms with Crippen molar-refractivity contribution in [2.75, 3.05) is 20.2 Å². The molecular weight excluding hydrogens is 510 g/mol. The van der Waals surface area contributed by atoms with Crippen LogP contribution < -0.4 is 14.8 Å². The number of likely N-dealkylation sites (tertiary alicyclic amines) is 1. The molecule has 39 heavy (non-hydrogen) atoms. The molecule has 4 heterocycles. The second kappa shape index (κ2) is 10.7. The topological polar surface area (TPSA) is 72.8 Å². The fourth-order valence-electron chi connectivity index (χ4n) is 6.11. The third-order valence-electron chi connectivity index (χ3n) is 8.25. The second-order valence-corrected chi connectivity index (χ2v) is 12.2. The number of nitrogens with one attached hydrogen (secondary N) is 1. The van der Waals surface area contributed by atoms with Gasteiger partial charge in [-0.05, 0) is 81.2 Å². The second-order valence-electron chi connectivity index (χ2n) is 11.2. The van der Waals surface area contributed by atoms with Gasteiger partial charge < -0.3 is 24.3 Å². The first kappa shape index (κ1) is 26.0. The van der Waals surface area contributed by atoms with E-state index in [2.05, 4.69) is 33.5 Å². The van der Waals surface area contributed by atoms with Gasteiger partial charge in [-0.1, -0.05) is 12.5 Å². The number of thiophene rings is 1. The van der Waals surface area contributed by atoms with Crippen LogP contribution in [-0.2, 0) is 17.8 Å². The number of amides is 2. The Balaban J connectivity index is 1.33. The summed E-state index contributed by atoms with van der Waals surface area (Å²) in [7, 11) is 1.67. The largest absolute Gasteiger partial charge is 0.493 e. The van der Waals surface area contributed by atoms with Crippen LogP contribution in [0.15, 0.2) is 35.7 Å².